The van der Waals surface area contributed by atoms with Gasteiger partial charge in [-0.1, -0.05) is 0 Å². The molecule has 1 rings (SSSR count). The van der Waals surface area contributed by atoms with Crippen molar-refractivity contribution in [3.63, 3.8) is 0 Å². The molecule has 1 aliphatic rings. The summed E-state index contributed by atoms with van der Waals surface area (Å²) in [6, 6.07) is 0. The van der Waals surface area contributed by atoms with E-state index in [4.69, 9.17) is 16.9 Å². The molecule has 17 heavy (non-hydrogen) atoms. The average molecular weight is 238 g/mol. The molecule has 0 aromatic rings. The molecule has 1 fully saturated rings. The molecule has 96 valence electrons. The van der Waals surface area contributed by atoms with Crippen LogP contribution in [0.15, 0.2) is 0 Å². The number of rotatable bonds is 6. The predicted octanol–water partition coefficient (Wildman–Crippen LogP) is 0.662. The van der Waals surface area contributed by atoms with Gasteiger partial charge in [-0.05, 0) is 25.7 Å². The third-order valence-electron chi connectivity index (χ3n) is 3.36. The molecular formula is C13H22N2O2. The smallest absolute Gasteiger partial charge is 0.227 e. The fourth-order valence-corrected chi connectivity index (χ4v) is 2.03. The molecule has 0 spiro atoms. The van der Waals surface area contributed by atoms with Gasteiger partial charge >= 0.3 is 0 Å². The Hall–Kier alpha value is -1.05. The number of hydrogen-bond acceptors (Lipinski definition) is 3. The summed E-state index contributed by atoms with van der Waals surface area (Å²) in [5, 5.41) is 2.96. The lowest BCUT2D eigenvalue weighted by Crippen LogP contribution is -2.49. The van der Waals surface area contributed by atoms with Crippen molar-refractivity contribution in [1.82, 2.24) is 5.32 Å². The summed E-state index contributed by atoms with van der Waals surface area (Å²) < 4.78 is 5.28. The number of hydrogen-bond donors (Lipinski definition) is 2. The summed E-state index contributed by atoms with van der Waals surface area (Å²) >= 11 is 0. The van der Waals surface area contributed by atoms with Crippen LogP contribution in [-0.4, -0.2) is 32.2 Å². The van der Waals surface area contributed by atoms with E-state index < -0.39 is 5.41 Å². The summed E-state index contributed by atoms with van der Waals surface area (Å²) in [5.74, 6) is 2.66. The van der Waals surface area contributed by atoms with Crippen LogP contribution in [0.1, 0.15) is 32.1 Å². The zero-order valence-corrected chi connectivity index (χ0v) is 10.3. The molecule has 4 heteroatoms. The largest absolute Gasteiger partial charge is 0.381 e. The second-order valence-corrected chi connectivity index (χ2v) is 4.51. The molecule has 0 aromatic heterocycles. The Balaban J connectivity index is 2.31. The quantitative estimate of drug-likeness (QED) is 0.528. The first kappa shape index (κ1) is 14.0. The minimum absolute atomic E-state index is 0.0732. The summed E-state index contributed by atoms with van der Waals surface area (Å²) in [4.78, 5) is 12.1. The Bertz CT molecular complexity index is 278. The average Bonchev–Trinajstić information content (AvgIpc) is 2.39. The molecule has 0 bridgehead atoms. The van der Waals surface area contributed by atoms with Gasteiger partial charge in [0.15, 0.2) is 0 Å². The van der Waals surface area contributed by atoms with Crippen molar-refractivity contribution in [2.24, 2.45) is 11.1 Å². The van der Waals surface area contributed by atoms with E-state index in [9.17, 15) is 4.79 Å². The minimum atomic E-state index is -0.412. The molecule has 0 saturated carbocycles. The zero-order chi connectivity index (χ0) is 12.6. The number of carbonyl (C=O) groups is 1. The maximum atomic E-state index is 12.1. The molecule has 0 aliphatic carbocycles. The Morgan fingerprint density at radius 3 is 2.71 bits per heavy atom. The first-order valence-corrected chi connectivity index (χ1v) is 6.25. The van der Waals surface area contributed by atoms with Crippen LogP contribution in [0.25, 0.3) is 0 Å². The first-order chi connectivity index (χ1) is 8.25. The van der Waals surface area contributed by atoms with Crippen LogP contribution in [0.3, 0.4) is 0 Å². The van der Waals surface area contributed by atoms with Crippen molar-refractivity contribution in [3.8, 4) is 12.3 Å². The fourth-order valence-electron chi connectivity index (χ4n) is 2.03. The maximum absolute atomic E-state index is 12.1. The number of terminal acetylenes is 1. The molecular weight excluding hydrogens is 216 g/mol. The van der Waals surface area contributed by atoms with Gasteiger partial charge in [0.2, 0.25) is 5.91 Å². The Kier molecular flexibility index (Phi) is 6.03. The lowest BCUT2D eigenvalue weighted by molar-refractivity contribution is -0.135. The summed E-state index contributed by atoms with van der Waals surface area (Å²) in [7, 11) is 0. The van der Waals surface area contributed by atoms with Gasteiger partial charge in [-0.3, -0.25) is 4.79 Å². The van der Waals surface area contributed by atoms with Crippen LogP contribution in [0.5, 0.6) is 0 Å². The number of amides is 1. The van der Waals surface area contributed by atoms with Gasteiger partial charge < -0.3 is 15.8 Å². The molecule has 1 aliphatic heterocycles. The minimum Gasteiger partial charge on any atom is -0.381 e. The van der Waals surface area contributed by atoms with E-state index in [2.05, 4.69) is 11.2 Å². The summed E-state index contributed by atoms with van der Waals surface area (Å²) in [6.45, 7) is 2.33. The number of nitrogens with one attached hydrogen (secondary N) is 1. The summed E-state index contributed by atoms with van der Waals surface area (Å²) in [6.07, 6.45) is 9.25. The van der Waals surface area contributed by atoms with Crippen molar-refractivity contribution < 1.29 is 9.53 Å². The van der Waals surface area contributed by atoms with Crippen molar-refractivity contribution in [2.45, 2.75) is 32.1 Å². The van der Waals surface area contributed by atoms with E-state index in [0.29, 0.717) is 26.3 Å². The van der Waals surface area contributed by atoms with Crippen LogP contribution in [0.2, 0.25) is 0 Å². The van der Waals surface area contributed by atoms with E-state index in [0.717, 1.165) is 32.1 Å². The molecule has 1 amide bonds. The van der Waals surface area contributed by atoms with Gasteiger partial charge in [0, 0.05) is 32.7 Å². The molecule has 0 aromatic carbocycles. The fraction of sp³-hybridized carbons (Fsp3) is 0.769. The molecule has 3 N–H and O–H groups in total. The highest BCUT2D eigenvalue weighted by Gasteiger charge is 2.38. The van der Waals surface area contributed by atoms with Crippen molar-refractivity contribution in [2.75, 3.05) is 26.3 Å². The molecule has 1 saturated heterocycles. The van der Waals surface area contributed by atoms with Gasteiger partial charge in [-0.25, -0.2) is 0 Å². The van der Waals surface area contributed by atoms with Gasteiger partial charge in [0.05, 0.1) is 5.41 Å². The lowest BCUT2D eigenvalue weighted by atomic mass is 9.79. The standard InChI is InChI=1S/C13H22N2O2/c1-2-3-4-5-8-15-12(16)13(11-14)6-9-17-10-7-13/h1H,3-11,14H2,(H,15,16). The Morgan fingerprint density at radius 2 is 2.12 bits per heavy atom. The Labute approximate surface area is 103 Å². The van der Waals surface area contributed by atoms with Crippen LogP contribution >= 0.6 is 0 Å². The highest BCUT2D eigenvalue weighted by Crippen LogP contribution is 2.29. The monoisotopic (exact) mass is 238 g/mol. The highest BCUT2D eigenvalue weighted by molar-refractivity contribution is 5.83. The highest BCUT2D eigenvalue weighted by atomic mass is 16.5. The number of ether oxygens (including phenoxy) is 1. The second kappa shape index (κ2) is 7.31. The molecule has 0 atom stereocenters. The van der Waals surface area contributed by atoms with Crippen LogP contribution in [0, 0.1) is 17.8 Å². The Morgan fingerprint density at radius 1 is 1.41 bits per heavy atom. The van der Waals surface area contributed by atoms with Crippen LogP contribution in [0.4, 0.5) is 0 Å². The zero-order valence-electron chi connectivity index (χ0n) is 10.3. The van der Waals surface area contributed by atoms with E-state index >= 15 is 0 Å². The third kappa shape index (κ3) is 4.03. The SMILES string of the molecule is C#CCCCCNC(=O)C1(CN)CCOCC1. The van der Waals surface area contributed by atoms with Crippen LogP contribution in [-0.2, 0) is 9.53 Å². The van der Waals surface area contributed by atoms with E-state index in [1.807, 2.05) is 0 Å². The maximum Gasteiger partial charge on any atom is 0.227 e. The van der Waals surface area contributed by atoms with Crippen molar-refractivity contribution >= 4 is 5.91 Å². The van der Waals surface area contributed by atoms with Crippen LogP contribution < -0.4 is 11.1 Å². The van der Waals surface area contributed by atoms with E-state index in [1.54, 1.807) is 0 Å². The topological polar surface area (TPSA) is 64.4 Å². The van der Waals surface area contributed by atoms with Crippen molar-refractivity contribution in [3.05, 3.63) is 0 Å². The third-order valence-corrected chi connectivity index (χ3v) is 3.36. The molecule has 4 nitrogen and oxygen atoms in total. The molecule has 1 heterocycles. The van der Waals surface area contributed by atoms with E-state index in [-0.39, 0.29) is 5.91 Å². The number of carbonyl (C=O) groups excluding carboxylic acids is 1. The first-order valence-electron chi connectivity index (χ1n) is 6.25. The normalized spacial score (nSPS) is 18.4. The number of nitrogens with two attached hydrogens (primary N) is 1. The van der Waals surface area contributed by atoms with Gasteiger partial charge in [-0.2, -0.15) is 0 Å². The van der Waals surface area contributed by atoms with Gasteiger partial charge in [0.1, 0.15) is 0 Å². The molecule has 0 unspecified atom stereocenters. The second-order valence-electron chi connectivity index (χ2n) is 4.51. The number of unbranched alkanes of at least 4 members (excludes halogenated alkanes) is 2. The van der Waals surface area contributed by atoms with Crippen molar-refractivity contribution in [1.29, 1.82) is 0 Å². The van der Waals surface area contributed by atoms with Gasteiger partial charge in [0.25, 0.3) is 0 Å². The summed E-state index contributed by atoms with van der Waals surface area (Å²) in [5.41, 5.74) is 5.34. The van der Waals surface area contributed by atoms with Gasteiger partial charge in [-0.15, -0.1) is 12.3 Å². The predicted molar refractivity (Wildman–Crippen MR) is 67.2 cm³/mol. The van der Waals surface area contributed by atoms with E-state index in [1.165, 1.54) is 0 Å². The lowest BCUT2D eigenvalue weighted by Gasteiger charge is -2.34. The molecule has 0 radical (unpaired) electrons.